The van der Waals surface area contributed by atoms with Crippen molar-refractivity contribution in [2.45, 2.75) is 25.0 Å². The van der Waals surface area contributed by atoms with Crippen molar-refractivity contribution >= 4 is 11.8 Å². The Morgan fingerprint density at radius 2 is 1.83 bits per heavy atom. The Morgan fingerprint density at radius 1 is 1.17 bits per heavy atom. The second kappa shape index (κ2) is 7.27. The molecule has 7 heteroatoms. The Balaban J connectivity index is 1.42. The van der Waals surface area contributed by atoms with E-state index < -0.39 is 11.6 Å². The van der Waals surface area contributed by atoms with Crippen molar-refractivity contribution in [2.24, 2.45) is 0 Å². The molecule has 0 atom stereocenters. The Labute approximate surface area is 139 Å². The van der Waals surface area contributed by atoms with Gasteiger partial charge < -0.3 is 19.7 Å². The Kier molecular flexibility index (Phi) is 5.11. The summed E-state index contributed by atoms with van der Waals surface area (Å²) in [6, 6.07) is 6.11. The van der Waals surface area contributed by atoms with E-state index >= 15 is 0 Å². The molecule has 0 radical (unpaired) electrons. The van der Waals surface area contributed by atoms with Crippen LogP contribution in [0.25, 0.3) is 0 Å². The van der Waals surface area contributed by atoms with Gasteiger partial charge in [0.2, 0.25) is 11.8 Å². The first-order valence-corrected chi connectivity index (χ1v) is 8.14. The summed E-state index contributed by atoms with van der Waals surface area (Å²) in [5.74, 6) is -1.46. The first-order chi connectivity index (χ1) is 11.6. The van der Waals surface area contributed by atoms with Crippen LogP contribution in [0.5, 0.6) is 0 Å². The molecule has 1 spiro atoms. The zero-order chi connectivity index (χ0) is 17.0. The number of amides is 2. The summed E-state index contributed by atoms with van der Waals surface area (Å²) >= 11 is 0. The van der Waals surface area contributed by atoms with Gasteiger partial charge in [0.15, 0.2) is 5.79 Å². The molecule has 2 saturated heterocycles. The molecule has 0 aromatic heterocycles. The van der Waals surface area contributed by atoms with Crippen molar-refractivity contribution in [1.82, 2.24) is 10.2 Å². The number of halogens is 1. The van der Waals surface area contributed by atoms with Crippen molar-refractivity contribution in [2.75, 3.05) is 32.8 Å². The van der Waals surface area contributed by atoms with Crippen molar-refractivity contribution in [3.05, 3.63) is 35.6 Å². The number of hydrogen-bond donors (Lipinski definition) is 1. The average molecular weight is 336 g/mol. The molecule has 0 unspecified atom stereocenters. The van der Waals surface area contributed by atoms with Gasteiger partial charge >= 0.3 is 0 Å². The summed E-state index contributed by atoms with van der Waals surface area (Å²) < 4.78 is 24.7. The highest BCUT2D eigenvalue weighted by Crippen LogP contribution is 2.31. The fourth-order valence-electron chi connectivity index (χ4n) is 3.05. The summed E-state index contributed by atoms with van der Waals surface area (Å²) in [6.07, 6.45) is 1.20. The minimum atomic E-state index is -0.523. The van der Waals surface area contributed by atoms with E-state index in [9.17, 15) is 14.0 Å². The highest BCUT2D eigenvalue weighted by atomic mass is 19.1. The van der Waals surface area contributed by atoms with Crippen molar-refractivity contribution < 1.29 is 23.5 Å². The molecule has 2 aliphatic rings. The third kappa shape index (κ3) is 3.91. The summed E-state index contributed by atoms with van der Waals surface area (Å²) in [6.45, 7) is 2.20. The molecule has 130 valence electrons. The van der Waals surface area contributed by atoms with Crippen LogP contribution in [0.15, 0.2) is 24.3 Å². The molecule has 0 bridgehead atoms. The second-order valence-electron chi connectivity index (χ2n) is 6.03. The highest BCUT2D eigenvalue weighted by molar-refractivity contribution is 5.85. The third-order valence-electron chi connectivity index (χ3n) is 4.44. The zero-order valence-electron chi connectivity index (χ0n) is 13.4. The van der Waals surface area contributed by atoms with E-state index in [4.69, 9.17) is 9.47 Å². The van der Waals surface area contributed by atoms with Crippen LogP contribution < -0.4 is 5.32 Å². The lowest BCUT2D eigenvalue weighted by atomic mass is 10.0. The number of carbonyl (C=O) groups is 2. The minimum Gasteiger partial charge on any atom is -0.347 e. The molecule has 1 N–H and O–H groups in total. The fourth-order valence-corrected chi connectivity index (χ4v) is 3.05. The molecule has 0 saturated carbocycles. The van der Waals surface area contributed by atoms with Gasteiger partial charge in [-0.15, -0.1) is 0 Å². The first kappa shape index (κ1) is 16.9. The van der Waals surface area contributed by atoms with Gasteiger partial charge in [-0.25, -0.2) is 4.39 Å². The second-order valence-corrected chi connectivity index (χ2v) is 6.03. The van der Waals surface area contributed by atoms with E-state index in [0.29, 0.717) is 44.7 Å². The molecule has 2 aliphatic heterocycles. The van der Waals surface area contributed by atoms with Crippen LogP contribution in [0.2, 0.25) is 0 Å². The molecule has 24 heavy (non-hydrogen) atoms. The lowest BCUT2D eigenvalue weighted by Gasteiger charge is -2.37. The number of likely N-dealkylation sites (tertiary alicyclic amines) is 1. The molecule has 2 amide bonds. The predicted molar refractivity (Wildman–Crippen MR) is 83.6 cm³/mol. The monoisotopic (exact) mass is 336 g/mol. The topological polar surface area (TPSA) is 67.9 Å². The fraction of sp³-hybridized carbons (Fsp3) is 0.529. The minimum absolute atomic E-state index is 0.0786. The van der Waals surface area contributed by atoms with Crippen LogP contribution in [-0.4, -0.2) is 55.3 Å². The number of benzene rings is 1. The average Bonchev–Trinajstić information content (AvgIpc) is 3.03. The quantitative estimate of drug-likeness (QED) is 0.885. The molecular formula is C17H21FN2O4. The van der Waals surface area contributed by atoms with E-state index in [-0.39, 0.29) is 24.8 Å². The summed E-state index contributed by atoms with van der Waals surface area (Å²) in [7, 11) is 0. The van der Waals surface area contributed by atoms with Gasteiger partial charge in [-0.1, -0.05) is 18.2 Å². The maximum absolute atomic E-state index is 13.5. The highest BCUT2D eigenvalue weighted by Gasteiger charge is 2.40. The van der Waals surface area contributed by atoms with Gasteiger partial charge in [0.25, 0.3) is 0 Å². The Hall–Kier alpha value is -1.99. The van der Waals surface area contributed by atoms with Gasteiger partial charge in [0.1, 0.15) is 5.82 Å². The lowest BCUT2D eigenvalue weighted by Crippen LogP contribution is -2.49. The molecule has 3 rings (SSSR count). The standard InChI is InChI=1S/C17H21FN2O4/c18-14-4-2-1-3-13(14)11-15(21)19-12-16(22)20-7-5-17(6-8-20)23-9-10-24-17/h1-4H,5-12H2,(H,19,21). The Bertz CT molecular complexity index is 606. The molecular weight excluding hydrogens is 315 g/mol. The number of nitrogens with zero attached hydrogens (tertiary/aromatic N) is 1. The molecule has 2 fully saturated rings. The van der Waals surface area contributed by atoms with E-state index in [1.54, 1.807) is 23.1 Å². The number of rotatable bonds is 4. The largest absolute Gasteiger partial charge is 0.347 e. The number of piperidine rings is 1. The first-order valence-electron chi connectivity index (χ1n) is 8.14. The van der Waals surface area contributed by atoms with Crippen LogP contribution >= 0.6 is 0 Å². The van der Waals surface area contributed by atoms with Crippen LogP contribution in [0.3, 0.4) is 0 Å². The van der Waals surface area contributed by atoms with E-state index in [1.165, 1.54) is 6.07 Å². The van der Waals surface area contributed by atoms with E-state index in [1.807, 2.05) is 0 Å². The molecule has 1 aromatic rings. The van der Waals surface area contributed by atoms with Crippen molar-refractivity contribution in [3.8, 4) is 0 Å². The van der Waals surface area contributed by atoms with E-state index in [0.717, 1.165) is 0 Å². The molecule has 6 nitrogen and oxygen atoms in total. The third-order valence-corrected chi connectivity index (χ3v) is 4.44. The van der Waals surface area contributed by atoms with Gasteiger partial charge in [0, 0.05) is 25.9 Å². The maximum Gasteiger partial charge on any atom is 0.241 e. The number of ether oxygens (including phenoxy) is 2. The molecule has 2 heterocycles. The summed E-state index contributed by atoms with van der Waals surface area (Å²) in [5.41, 5.74) is 0.317. The van der Waals surface area contributed by atoms with E-state index in [2.05, 4.69) is 5.32 Å². The summed E-state index contributed by atoms with van der Waals surface area (Å²) in [5, 5.41) is 2.56. The molecule has 1 aromatic carbocycles. The van der Waals surface area contributed by atoms with Crippen LogP contribution in [0.4, 0.5) is 4.39 Å². The molecule has 0 aliphatic carbocycles. The van der Waals surface area contributed by atoms with Gasteiger partial charge in [-0.3, -0.25) is 9.59 Å². The van der Waals surface area contributed by atoms with Crippen LogP contribution in [0, 0.1) is 5.82 Å². The van der Waals surface area contributed by atoms with Gasteiger partial charge in [-0.05, 0) is 11.6 Å². The normalized spacial score (nSPS) is 19.5. The van der Waals surface area contributed by atoms with Crippen molar-refractivity contribution in [3.63, 3.8) is 0 Å². The smallest absolute Gasteiger partial charge is 0.241 e. The zero-order valence-corrected chi connectivity index (χ0v) is 13.4. The van der Waals surface area contributed by atoms with Crippen molar-refractivity contribution in [1.29, 1.82) is 0 Å². The van der Waals surface area contributed by atoms with Crippen LogP contribution in [-0.2, 0) is 25.5 Å². The van der Waals surface area contributed by atoms with Gasteiger partial charge in [-0.2, -0.15) is 0 Å². The SMILES string of the molecule is O=C(Cc1ccccc1F)NCC(=O)N1CCC2(CC1)OCCO2. The lowest BCUT2D eigenvalue weighted by molar-refractivity contribution is -0.187. The Morgan fingerprint density at radius 3 is 2.50 bits per heavy atom. The number of nitrogens with one attached hydrogen (secondary N) is 1. The van der Waals surface area contributed by atoms with Gasteiger partial charge in [0.05, 0.1) is 26.2 Å². The maximum atomic E-state index is 13.5. The number of carbonyl (C=O) groups excluding carboxylic acids is 2. The summed E-state index contributed by atoms with van der Waals surface area (Å²) in [4.78, 5) is 25.7. The predicted octanol–water partition coefficient (Wildman–Crippen LogP) is 0.850. The van der Waals surface area contributed by atoms with Crippen LogP contribution in [0.1, 0.15) is 18.4 Å². The number of hydrogen-bond acceptors (Lipinski definition) is 4.